The van der Waals surface area contributed by atoms with Crippen LogP contribution in [-0.2, 0) is 0 Å². The zero-order chi connectivity index (χ0) is 16.1. The average Bonchev–Trinajstić information content (AvgIpc) is 2.49. The first-order valence-corrected chi connectivity index (χ1v) is 8.16. The second-order valence-electron chi connectivity index (χ2n) is 6.37. The molecular weight excluding hydrogens is 278 g/mol. The smallest absolute Gasteiger partial charge is 0.251 e. The molecule has 0 unspecified atom stereocenters. The molecule has 2 atom stereocenters. The highest BCUT2D eigenvalue weighted by Crippen LogP contribution is 2.29. The van der Waals surface area contributed by atoms with Crippen LogP contribution < -0.4 is 14.8 Å². The molecule has 4 nitrogen and oxygen atoms in total. The van der Waals surface area contributed by atoms with Crippen LogP contribution in [0.4, 0.5) is 0 Å². The summed E-state index contributed by atoms with van der Waals surface area (Å²) in [5, 5.41) is 3.16. The van der Waals surface area contributed by atoms with Gasteiger partial charge in [0.1, 0.15) is 0 Å². The van der Waals surface area contributed by atoms with E-state index in [4.69, 9.17) is 9.47 Å². The topological polar surface area (TPSA) is 47.6 Å². The molecule has 1 aromatic carbocycles. The first-order valence-electron chi connectivity index (χ1n) is 8.16. The molecule has 1 aliphatic carbocycles. The Morgan fingerprint density at radius 1 is 1.23 bits per heavy atom. The molecule has 0 heterocycles. The maximum absolute atomic E-state index is 12.5. The largest absolute Gasteiger partial charge is 0.493 e. The Morgan fingerprint density at radius 3 is 2.59 bits per heavy atom. The van der Waals surface area contributed by atoms with Gasteiger partial charge in [0.15, 0.2) is 11.5 Å². The molecule has 1 fully saturated rings. The van der Waals surface area contributed by atoms with Crippen LogP contribution in [0, 0.1) is 5.92 Å². The Balaban J connectivity index is 2.09. The molecule has 1 aromatic rings. The van der Waals surface area contributed by atoms with E-state index in [9.17, 15) is 4.79 Å². The quantitative estimate of drug-likeness (QED) is 0.900. The van der Waals surface area contributed by atoms with Crippen molar-refractivity contribution in [3.63, 3.8) is 0 Å². The van der Waals surface area contributed by atoms with Crippen LogP contribution in [-0.4, -0.2) is 25.2 Å². The zero-order valence-electron chi connectivity index (χ0n) is 14.0. The predicted molar refractivity (Wildman–Crippen MR) is 87.6 cm³/mol. The van der Waals surface area contributed by atoms with Crippen LogP contribution in [0.25, 0.3) is 0 Å². The van der Waals surface area contributed by atoms with Crippen molar-refractivity contribution in [1.82, 2.24) is 5.32 Å². The number of amides is 1. The van der Waals surface area contributed by atoms with Crippen molar-refractivity contribution in [1.29, 1.82) is 0 Å². The van der Waals surface area contributed by atoms with Gasteiger partial charge in [-0.15, -0.1) is 0 Å². The normalized spacial score (nSPS) is 21.5. The summed E-state index contributed by atoms with van der Waals surface area (Å²) >= 11 is 0. The van der Waals surface area contributed by atoms with Gasteiger partial charge in [-0.3, -0.25) is 4.79 Å². The van der Waals surface area contributed by atoms with Crippen molar-refractivity contribution >= 4 is 5.91 Å². The van der Waals surface area contributed by atoms with Crippen molar-refractivity contribution in [3.05, 3.63) is 23.8 Å². The van der Waals surface area contributed by atoms with Gasteiger partial charge in [0, 0.05) is 11.6 Å². The summed E-state index contributed by atoms with van der Waals surface area (Å²) in [6.07, 6.45) is 4.78. The summed E-state index contributed by atoms with van der Waals surface area (Å²) in [6.45, 7) is 6.14. The van der Waals surface area contributed by atoms with Crippen LogP contribution in [0.15, 0.2) is 18.2 Å². The Kier molecular flexibility index (Phi) is 5.69. The minimum atomic E-state index is -0.0341. The van der Waals surface area contributed by atoms with Crippen molar-refractivity contribution in [3.8, 4) is 11.5 Å². The van der Waals surface area contributed by atoms with E-state index < -0.39 is 0 Å². The van der Waals surface area contributed by atoms with E-state index in [-0.39, 0.29) is 18.1 Å². The molecule has 1 aliphatic rings. The number of carbonyl (C=O) groups is 1. The van der Waals surface area contributed by atoms with Crippen molar-refractivity contribution in [2.75, 3.05) is 7.11 Å². The summed E-state index contributed by atoms with van der Waals surface area (Å²) in [6, 6.07) is 5.63. The van der Waals surface area contributed by atoms with Gasteiger partial charge in [0.25, 0.3) is 5.91 Å². The van der Waals surface area contributed by atoms with Gasteiger partial charge >= 0.3 is 0 Å². The molecule has 0 spiro atoms. The predicted octanol–water partition coefficient (Wildman–Crippen LogP) is 3.79. The summed E-state index contributed by atoms with van der Waals surface area (Å²) < 4.78 is 11.0. The third kappa shape index (κ3) is 4.15. The number of rotatable bonds is 5. The van der Waals surface area contributed by atoms with Crippen molar-refractivity contribution < 1.29 is 14.3 Å². The van der Waals surface area contributed by atoms with E-state index in [1.165, 1.54) is 19.3 Å². The first-order chi connectivity index (χ1) is 10.5. The Morgan fingerprint density at radius 2 is 1.95 bits per heavy atom. The van der Waals surface area contributed by atoms with Gasteiger partial charge in [-0.25, -0.2) is 0 Å². The van der Waals surface area contributed by atoms with Gasteiger partial charge in [-0.2, -0.15) is 0 Å². The second-order valence-corrected chi connectivity index (χ2v) is 6.37. The van der Waals surface area contributed by atoms with Crippen molar-refractivity contribution in [2.45, 2.75) is 58.6 Å². The maximum atomic E-state index is 12.5. The number of hydrogen-bond donors (Lipinski definition) is 1. The highest BCUT2D eigenvalue weighted by molar-refractivity contribution is 5.95. The van der Waals surface area contributed by atoms with E-state index >= 15 is 0 Å². The van der Waals surface area contributed by atoms with E-state index in [0.717, 1.165) is 6.42 Å². The van der Waals surface area contributed by atoms with Crippen LogP contribution in [0.3, 0.4) is 0 Å². The lowest BCUT2D eigenvalue weighted by molar-refractivity contribution is 0.0910. The fraction of sp³-hybridized carbons (Fsp3) is 0.611. The summed E-state index contributed by atoms with van der Waals surface area (Å²) in [5.74, 6) is 1.77. The summed E-state index contributed by atoms with van der Waals surface area (Å²) in [5.41, 5.74) is 0.616. The molecule has 22 heavy (non-hydrogen) atoms. The first kappa shape index (κ1) is 16.7. The molecule has 1 amide bonds. The highest BCUT2D eigenvalue weighted by Gasteiger charge is 2.23. The molecule has 1 saturated carbocycles. The van der Waals surface area contributed by atoms with E-state index in [1.807, 2.05) is 13.8 Å². The van der Waals surface area contributed by atoms with E-state index in [0.29, 0.717) is 23.0 Å². The molecule has 0 aliphatic heterocycles. The SMILES string of the molecule is COc1cc(C(=O)N[C@@H]2CCCC[C@H]2C)ccc1OC(C)C. The molecular formula is C18H27NO3. The molecule has 122 valence electrons. The number of methoxy groups -OCH3 is 1. The monoisotopic (exact) mass is 305 g/mol. The lowest BCUT2D eigenvalue weighted by atomic mass is 9.86. The average molecular weight is 305 g/mol. The zero-order valence-corrected chi connectivity index (χ0v) is 14.0. The lowest BCUT2D eigenvalue weighted by Gasteiger charge is -2.29. The van der Waals surface area contributed by atoms with Gasteiger partial charge in [-0.05, 0) is 50.8 Å². The maximum Gasteiger partial charge on any atom is 0.251 e. The Labute approximate surface area is 133 Å². The van der Waals surface area contributed by atoms with Crippen molar-refractivity contribution in [2.24, 2.45) is 5.92 Å². The van der Waals surface area contributed by atoms with Crippen LogP contribution in [0.1, 0.15) is 56.8 Å². The van der Waals surface area contributed by atoms with Gasteiger partial charge in [-0.1, -0.05) is 19.8 Å². The summed E-state index contributed by atoms with van der Waals surface area (Å²) in [7, 11) is 1.59. The Hall–Kier alpha value is -1.71. The van der Waals surface area contributed by atoms with E-state index in [2.05, 4.69) is 12.2 Å². The number of ether oxygens (including phenoxy) is 2. The molecule has 0 saturated heterocycles. The van der Waals surface area contributed by atoms with Gasteiger partial charge in [0.05, 0.1) is 13.2 Å². The third-order valence-electron chi connectivity index (χ3n) is 4.22. The number of carbonyl (C=O) groups excluding carboxylic acids is 1. The fourth-order valence-electron chi connectivity index (χ4n) is 2.94. The van der Waals surface area contributed by atoms with Crippen LogP contribution in [0.5, 0.6) is 11.5 Å². The van der Waals surface area contributed by atoms with E-state index in [1.54, 1.807) is 25.3 Å². The van der Waals surface area contributed by atoms with Gasteiger partial charge < -0.3 is 14.8 Å². The van der Waals surface area contributed by atoms with Crippen LogP contribution in [0.2, 0.25) is 0 Å². The summed E-state index contributed by atoms with van der Waals surface area (Å²) in [4.78, 5) is 12.5. The lowest BCUT2D eigenvalue weighted by Crippen LogP contribution is -2.41. The van der Waals surface area contributed by atoms with Gasteiger partial charge in [0.2, 0.25) is 0 Å². The number of benzene rings is 1. The van der Waals surface area contributed by atoms with Crippen LogP contribution >= 0.6 is 0 Å². The molecule has 0 radical (unpaired) electrons. The third-order valence-corrected chi connectivity index (χ3v) is 4.22. The molecule has 0 bridgehead atoms. The molecule has 1 N–H and O–H groups in total. The molecule has 2 rings (SSSR count). The molecule has 4 heteroatoms. The minimum absolute atomic E-state index is 0.0341. The number of nitrogens with one attached hydrogen (secondary N) is 1. The number of hydrogen-bond acceptors (Lipinski definition) is 3. The Bertz CT molecular complexity index is 513. The highest BCUT2D eigenvalue weighted by atomic mass is 16.5. The fourth-order valence-corrected chi connectivity index (χ4v) is 2.94. The standard InChI is InChI=1S/C18H27NO3/c1-12(2)22-16-10-9-14(11-17(16)21-4)18(20)19-15-8-6-5-7-13(15)3/h9-13,15H,5-8H2,1-4H3,(H,19,20)/t13-,15-/m1/s1. The second kappa shape index (κ2) is 7.52. The molecule has 0 aromatic heterocycles. The minimum Gasteiger partial charge on any atom is -0.493 e.